The Kier molecular flexibility index (Phi) is 6.28. The number of aryl methyl sites for hydroxylation is 2. The van der Waals surface area contributed by atoms with Crippen LogP contribution in [0.25, 0.3) is 6.08 Å². The third-order valence-electron chi connectivity index (χ3n) is 5.80. The van der Waals surface area contributed by atoms with Gasteiger partial charge in [0.15, 0.2) is 5.17 Å². The van der Waals surface area contributed by atoms with E-state index in [1.165, 1.54) is 36.6 Å². The van der Waals surface area contributed by atoms with Gasteiger partial charge in [0.2, 0.25) is 0 Å². The van der Waals surface area contributed by atoms with Crippen molar-refractivity contribution in [2.75, 3.05) is 7.11 Å². The van der Waals surface area contributed by atoms with E-state index in [0.717, 1.165) is 45.5 Å². The van der Waals surface area contributed by atoms with Crippen molar-refractivity contribution in [2.24, 2.45) is 4.99 Å². The highest BCUT2D eigenvalue weighted by Gasteiger charge is 2.38. The van der Waals surface area contributed by atoms with Crippen LogP contribution in [-0.2, 0) is 4.79 Å². The number of aliphatic imine (C=N–C) groups is 1. The summed E-state index contributed by atoms with van der Waals surface area (Å²) in [5, 5.41) is 0.799. The smallest absolute Gasteiger partial charge is 0.267 e. The summed E-state index contributed by atoms with van der Waals surface area (Å²) < 4.78 is 5.31. The van der Waals surface area contributed by atoms with Gasteiger partial charge in [-0.25, -0.2) is 4.99 Å². The molecule has 0 spiro atoms. The summed E-state index contributed by atoms with van der Waals surface area (Å²) in [5.41, 5.74) is 4.21. The number of carbonyl (C=O) groups excluding carboxylic acids is 1. The fraction of sp³-hybridized carbons (Fsp3) is 0.360. The van der Waals surface area contributed by atoms with Crippen molar-refractivity contribution in [2.45, 2.75) is 52.0 Å². The van der Waals surface area contributed by atoms with E-state index in [4.69, 9.17) is 9.73 Å². The van der Waals surface area contributed by atoms with Crippen LogP contribution in [-0.4, -0.2) is 29.1 Å². The Bertz CT molecular complexity index is 989. The zero-order chi connectivity index (χ0) is 21.1. The number of amides is 1. The molecule has 0 atom stereocenters. The van der Waals surface area contributed by atoms with Gasteiger partial charge in [0.05, 0.1) is 17.7 Å². The van der Waals surface area contributed by atoms with Crippen molar-refractivity contribution in [3.05, 3.63) is 64.1 Å². The number of benzene rings is 2. The largest absolute Gasteiger partial charge is 0.497 e. The number of rotatable bonds is 4. The molecule has 0 aromatic heterocycles. The summed E-state index contributed by atoms with van der Waals surface area (Å²) >= 11 is 1.49. The van der Waals surface area contributed by atoms with Crippen LogP contribution in [0.1, 0.15) is 48.8 Å². The first-order chi connectivity index (χ1) is 14.5. The van der Waals surface area contributed by atoms with Gasteiger partial charge < -0.3 is 4.74 Å². The van der Waals surface area contributed by atoms with E-state index in [1.807, 2.05) is 48.2 Å². The molecule has 2 aromatic rings. The van der Waals surface area contributed by atoms with Crippen molar-refractivity contribution in [1.82, 2.24) is 4.90 Å². The minimum atomic E-state index is 0.0768. The minimum Gasteiger partial charge on any atom is -0.497 e. The summed E-state index contributed by atoms with van der Waals surface area (Å²) in [4.78, 5) is 21.0. The Morgan fingerprint density at radius 1 is 1.07 bits per heavy atom. The predicted molar refractivity (Wildman–Crippen MR) is 125 cm³/mol. The molecule has 1 aliphatic carbocycles. The van der Waals surface area contributed by atoms with Gasteiger partial charge in [0.1, 0.15) is 5.75 Å². The first-order valence-electron chi connectivity index (χ1n) is 10.6. The Hall–Kier alpha value is -2.53. The Labute approximate surface area is 183 Å². The number of nitrogens with zero attached hydrogens (tertiary/aromatic N) is 2. The first-order valence-corrected chi connectivity index (χ1v) is 11.4. The molecular formula is C25H28N2O2S. The summed E-state index contributed by atoms with van der Waals surface area (Å²) in [6.45, 7) is 4.11. The number of ether oxygens (including phenoxy) is 1. The van der Waals surface area contributed by atoms with Crippen LogP contribution in [0.4, 0.5) is 5.69 Å². The van der Waals surface area contributed by atoms with Crippen LogP contribution >= 0.6 is 11.8 Å². The highest BCUT2D eigenvalue weighted by molar-refractivity contribution is 8.18. The molecule has 1 saturated carbocycles. The molecule has 2 fully saturated rings. The lowest BCUT2D eigenvalue weighted by Crippen LogP contribution is -2.40. The minimum absolute atomic E-state index is 0.0768. The van der Waals surface area contributed by atoms with Gasteiger partial charge in [-0.1, -0.05) is 43.0 Å². The van der Waals surface area contributed by atoms with Crippen molar-refractivity contribution in [3.8, 4) is 5.75 Å². The Balaban J connectivity index is 1.69. The molecule has 2 aromatic carbocycles. The molecule has 30 heavy (non-hydrogen) atoms. The first kappa shape index (κ1) is 20.7. The Morgan fingerprint density at radius 2 is 1.80 bits per heavy atom. The quantitative estimate of drug-likeness (QED) is 0.549. The van der Waals surface area contributed by atoms with Crippen LogP contribution in [0.5, 0.6) is 5.75 Å². The molecule has 4 rings (SSSR count). The van der Waals surface area contributed by atoms with Crippen LogP contribution in [0.2, 0.25) is 0 Å². The molecular weight excluding hydrogens is 392 g/mol. The average molecular weight is 421 g/mol. The van der Waals surface area contributed by atoms with Gasteiger partial charge in [0.25, 0.3) is 5.91 Å². The number of amidine groups is 1. The molecule has 4 nitrogen and oxygen atoms in total. The second kappa shape index (κ2) is 9.09. The number of methoxy groups -OCH3 is 1. The van der Waals surface area contributed by atoms with Gasteiger partial charge in [-0.05, 0) is 79.9 Å². The fourth-order valence-electron chi connectivity index (χ4n) is 4.03. The molecule has 1 amide bonds. The van der Waals surface area contributed by atoms with Gasteiger partial charge in [-0.2, -0.15) is 0 Å². The molecule has 0 radical (unpaired) electrons. The van der Waals surface area contributed by atoms with E-state index >= 15 is 0 Å². The molecule has 5 heteroatoms. The van der Waals surface area contributed by atoms with Gasteiger partial charge in [-0.3, -0.25) is 9.69 Å². The number of hydrogen-bond donors (Lipinski definition) is 0. The molecule has 0 bridgehead atoms. The van der Waals surface area contributed by atoms with E-state index in [0.29, 0.717) is 0 Å². The predicted octanol–water partition coefficient (Wildman–Crippen LogP) is 6.25. The van der Waals surface area contributed by atoms with Crippen molar-refractivity contribution in [1.29, 1.82) is 0 Å². The number of carbonyl (C=O) groups is 1. The molecule has 1 saturated heterocycles. The highest BCUT2D eigenvalue weighted by Crippen LogP contribution is 2.39. The van der Waals surface area contributed by atoms with E-state index in [2.05, 4.69) is 19.1 Å². The third kappa shape index (κ3) is 4.46. The van der Waals surface area contributed by atoms with Crippen LogP contribution in [0.3, 0.4) is 0 Å². The SMILES string of the molecule is COc1ccc(/C=C2/SC(=Nc3ccc(C)cc3)N(C3CCCCC3)C2=O)c(C)c1. The topological polar surface area (TPSA) is 41.9 Å². The summed E-state index contributed by atoms with van der Waals surface area (Å²) in [6.07, 6.45) is 7.70. The number of thioether (sulfide) groups is 1. The summed E-state index contributed by atoms with van der Waals surface area (Å²) in [7, 11) is 1.67. The second-order valence-corrected chi connectivity index (χ2v) is 9.04. The zero-order valence-corrected chi connectivity index (χ0v) is 18.7. The van der Waals surface area contributed by atoms with Crippen LogP contribution in [0.15, 0.2) is 52.4 Å². The van der Waals surface area contributed by atoms with E-state index in [9.17, 15) is 4.79 Å². The van der Waals surface area contributed by atoms with Crippen LogP contribution in [0, 0.1) is 13.8 Å². The second-order valence-electron chi connectivity index (χ2n) is 8.03. The van der Waals surface area contributed by atoms with Gasteiger partial charge in [-0.15, -0.1) is 0 Å². The Morgan fingerprint density at radius 3 is 2.47 bits per heavy atom. The fourth-order valence-corrected chi connectivity index (χ4v) is 5.08. The maximum Gasteiger partial charge on any atom is 0.267 e. The average Bonchev–Trinajstić information content (AvgIpc) is 3.06. The third-order valence-corrected chi connectivity index (χ3v) is 6.78. The maximum atomic E-state index is 13.4. The van der Waals surface area contributed by atoms with Crippen LogP contribution < -0.4 is 4.74 Å². The van der Waals surface area contributed by atoms with E-state index in [1.54, 1.807) is 7.11 Å². The lowest BCUT2D eigenvalue weighted by atomic mass is 9.94. The molecule has 1 heterocycles. The normalized spacial score (nSPS) is 20.4. The van der Waals surface area contributed by atoms with E-state index < -0.39 is 0 Å². The van der Waals surface area contributed by atoms with Crippen molar-refractivity contribution >= 4 is 34.6 Å². The molecule has 1 aliphatic heterocycles. The van der Waals surface area contributed by atoms with Crippen molar-refractivity contribution in [3.63, 3.8) is 0 Å². The summed E-state index contributed by atoms with van der Waals surface area (Å²) in [6, 6.07) is 14.3. The van der Waals surface area contributed by atoms with Crippen molar-refractivity contribution < 1.29 is 9.53 Å². The lowest BCUT2D eigenvalue weighted by Gasteiger charge is -2.30. The monoisotopic (exact) mass is 420 g/mol. The molecule has 2 aliphatic rings. The molecule has 0 N–H and O–H groups in total. The standard InChI is InChI=1S/C25H28N2O2S/c1-17-9-12-20(13-10-17)26-25-27(21-7-5-4-6-8-21)24(28)23(30-25)16-19-11-14-22(29-3)15-18(19)2/h9-16,21H,4-8H2,1-3H3/b23-16+,26-25?. The number of hydrogen-bond acceptors (Lipinski definition) is 4. The highest BCUT2D eigenvalue weighted by atomic mass is 32.2. The zero-order valence-electron chi connectivity index (χ0n) is 17.9. The lowest BCUT2D eigenvalue weighted by molar-refractivity contribution is -0.124. The summed E-state index contributed by atoms with van der Waals surface area (Å²) in [5.74, 6) is 0.901. The molecule has 0 unspecified atom stereocenters. The maximum absolute atomic E-state index is 13.4. The van der Waals surface area contributed by atoms with Gasteiger partial charge in [0, 0.05) is 6.04 Å². The van der Waals surface area contributed by atoms with E-state index in [-0.39, 0.29) is 11.9 Å². The van der Waals surface area contributed by atoms with Gasteiger partial charge >= 0.3 is 0 Å². The molecule has 156 valence electrons.